The molecule has 19 heavy (non-hydrogen) atoms. The van der Waals surface area contributed by atoms with Crippen LogP contribution < -0.4 is 16.3 Å². The Morgan fingerprint density at radius 3 is 2.11 bits per heavy atom. The predicted octanol–water partition coefficient (Wildman–Crippen LogP) is 3.07. The summed E-state index contributed by atoms with van der Waals surface area (Å²) in [6.45, 7) is 0. The van der Waals surface area contributed by atoms with E-state index in [-0.39, 0.29) is 0 Å². The maximum Gasteiger partial charge on any atom is 0.416 e. The summed E-state index contributed by atoms with van der Waals surface area (Å²) in [6.07, 6.45) is -4.39. The minimum absolute atomic E-state index is 0.341. The first-order valence-corrected chi connectivity index (χ1v) is 6.64. The van der Waals surface area contributed by atoms with Gasteiger partial charge < -0.3 is 5.73 Å². The van der Waals surface area contributed by atoms with E-state index in [1.165, 1.54) is 12.1 Å². The van der Waals surface area contributed by atoms with Gasteiger partial charge in [-0.25, -0.2) is 0 Å². The Balaban J connectivity index is 2.30. The third-order valence-corrected chi connectivity index (χ3v) is 4.05. The van der Waals surface area contributed by atoms with Crippen molar-refractivity contribution in [3.8, 4) is 0 Å². The Morgan fingerprint density at radius 1 is 0.947 bits per heavy atom. The van der Waals surface area contributed by atoms with E-state index in [0.29, 0.717) is 16.3 Å². The molecule has 0 saturated heterocycles. The lowest BCUT2D eigenvalue weighted by Crippen LogP contribution is -2.10. The van der Waals surface area contributed by atoms with E-state index in [2.05, 4.69) is 0 Å². The number of benzene rings is 2. The molecule has 2 aromatic carbocycles. The van der Waals surface area contributed by atoms with Crippen molar-refractivity contribution < 1.29 is 17.7 Å². The number of anilines is 1. The Kier molecular flexibility index (Phi) is 3.58. The molecular formula is C13H10F3NOP. The summed E-state index contributed by atoms with van der Waals surface area (Å²) in [7, 11) is -1.93. The second-order valence-electron chi connectivity index (χ2n) is 3.93. The summed E-state index contributed by atoms with van der Waals surface area (Å²) in [5.41, 5.74) is 5.29. The summed E-state index contributed by atoms with van der Waals surface area (Å²) in [6, 6.07) is 10.8. The Hall–Kier alpha value is -1.87. The standard InChI is InChI=1S/C13H10F3NOP/c14-13(15,16)9-4-6-11(7-5-9)19(18)12-3-1-2-10(17)8-12/h1-8H,17H2. The monoisotopic (exact) mass is 284 g/mol. The SMILES string of the molecule is Nc1cccc([P](=O)c2ccc(C(F)(F)F)cc2)c1. The molecule has 1 atom stereocenters. The third-order valence-electron chi connectivity index (χ3n) is 2.53. The lowest BCUT2D eigenvalue weighted by atomic mass is 10.2. The summed E-state index contributed by atoms with van der Waals surface area (Å²) in [5.74, 6) is 0. The van der Waals surface area contributed by atoms with Crippen LogP contribution in [0.4, 0.5) is 18.9 Å². The van der Waals surface area contributed by atoms with Crippen molar-refractivity contribution in [3.63, 3.8) is 0 Å². The molecule has 0 saturated carbocycles. The normalized spacial score (nSPS) is 12.3. The van der Waals surface area contributed by atoms with Gasteiger partial charge in [0.1, 0.15) is 7.80 Å². The van der Waals surface area contributed by atoms with Crippen LogP contribution in [-0.4, -0.2) is 0 Å². The Labute approximate surface area is 108 Å². The molecule has 2 nitrogen and oxygen atoms in total. The molecule has 6 heteroatoms. The van der Waals surface area contributed by atoms with Gasteiger partial charge in [0.25, 0.3) is 0 Å². The largest absolute Gasteiger partial charge is 0.416 e. The maximum atomic E-state index is 12.4. The van der Waals surface area contributed by atoms with Gasteiger partial charge in [-0.3, -0.25) is 4.57 Å². The van der Waals surface area contributed by atoms with Crippen LogP contribution in [0.3, 0.4) is 0 Å². The Morgan fingerprint density at radius 2 is 1.58 bits per heavy atom. The highest BCUT2D eigenvalue weighted by Crippen LogP contribution is 2.29. The fourth-order valence-corrected chi connectivity index (χ4v) is 2.79. The van der Waals surface area contributed by atoms with Gasteiger partial charge in [0.15, 0.2) is 0 Å². The summed E-state index contributed by atoms with van der Waals surface area (Å²) in [4.78, 5) is 0. The first-order chi connectivity index (χ1) is 8.88. The van der Waals surface area contributed by atoms with Gasteiger partial charge >= 0.3 is 6.18 Å². The predicted molar refractivity (Wildman–Crippen MR) is 69.2 cm³/mol. The van der Waals surface area contributed by atoms with Gasteiger partial charge in [-0.2, -0.15) is 13.2 Å². The molecule has 0 spiro atoms. The van der Waals surface area contributed by atoms with E-state index in [1.54, 1.807) is 24.3 Å². The molecule has 0 aliphatic heterocycles. The van der Waals surface area contributed by atoms with Gasteiger partial charge in [0.05, 0.1) is 5.56 Å². The van der Waals surface area contributed by atoms with Crippen molar-refractivity contribution in [2.75, 3.05) is 5.73 Å². The van der Waals surface area contributed by atoms with Crippen LogP contribution in [0, 0.1) is 0 Å². The number of nitrogen functional groups attached to an aromatic ring is 1. The van der Waals surface area contributed by atoms with Crippen LogP contribution in [0.5, 0.6) is 0 Å². The molecule has 0 aromatic heterocycles. The fourth-order valence-electron chi connectivity index (χ4n) is 1.59. The first-order valence-electron chi connectivity index (χ1n) is 5.38. The highest BCUT2D eigenvalue weighted by Gasteiger charge is 2.30. The first kappa shape index (κ1) is 13.6. The number of rotatable bonds is 2. The molecule has 2 N–H and O–H groups in total. The van der Waals surface area contributed by atoms with Crippen LogP contribution in [0.25, 0.3) is 0 Å². The zero-order chi connectivity index (χ0) is 14.0. The van der Waals surface area contributed by atoms with Gasteiger partial charge in [0, 0.05) is 16.3 Å². The van der Waals surface area contributed by atoms with E-state index in [9.17, 15) is 17.7 Å². The molecule has 99 valence electrons. The molecule has 0 heterocycles. The number of hydrogen-bond acceptors (Lipinski definition) is 2. The molecule has 1 radical (unpaired) electrons. The van der Waals surface area contributed by atoms with Crippen LogP contribution in [0.15, 0.2) is 48.5 Å². The second kappa shape index (κ2) is 5.02. The van der Waals surface area contributed by atoms with Crippen LogP contribution in [0.2, 0.25) is 0 Å². The molecule has 1 unspecified atom stereocenters. The molecular weight excluding hydrogens is 274 g/mol. The average Bonchev–Trinajstić information content (AvgIpc) is 2.37. The molecule has 0 aliphatic rings. The molecule has 2 aromatic rings. The van der Waals surface area contributed by atoms with E-state index in [0.717, 1.165) is 12.1 Å². The second-order valence-corrected chi connectivity index (χ2v) is 5.56. The molecule has 0 amide bonds. The minimum atomic E-state index is -4.39. The van der Waals surface area contributed by atoms with Crippen molar-refractivity contribution in [2.24, 2.45) is 0 Å². The van der Waals surface area contributed by atoms with Gasteiger partial charge in [-0.05, 0) is 42.5 Å². The minimum Gasteiger partial charge on any atom is -0.399 e. The van der Waals surface area contributed by atoms with Crippen molar-refractivity contribution in [1.82, 2.24) is 0 Å². The van der Waals surface area contributed by atoms with E-state index in [1.807, 2.05) is 0 Å². The van der Waals surface area contributed by atoms with Gasteiger partial charge in [-0.15, -0.1) is 0 Å². The highest BCUT2D eigenvalue weighted by atomic mass is 31.1. The average molecular weight is 284 g/mol. The van der Waals surface area contributed by atoms with E-state index in [4.69, 9.17) is 5.73 Å². The number of halogens is 3. The lowest BCUT2D eigenvalue weighted by Gasteiger charge is -2.07. The van der Waals surface area contributed by atoms with E-state index >= 15 is 0 Å². The van der Waals surface area contributed by atoms with Gasteiger partial charge in [-0.1, -0.05) is 6.07 Å². The third kappa shape index (κ3) is 3.12. The van der Waals surface area contributed by atoms with Crippen molar-refractivity contribution >= 4 is 24.1 Å². The molecule has 0 fully saturated rings. The van der Waals surface area contributed by atoms with Crippen molar-refractivity contribution in [2.45, 2.75) is 6.18 Å². The fraction of sp³-hybridized carbons (Fsp3) is 0.0769. The number of hydrogen-bond donors (Lipinski definition) is 1. The zero-order valence-electron chi connectivity index (χ0n) is 9.69. The smallest absolute Gasteiger partial charge is 0.399 e. The van der Waals surface area contributed by atoms with Crippen molar-refractivity contribution in [3.05, 3.63) is 54.1 Å². The molecule has 2 rings (SSSR count). The molecule has 0 bridgehead atoms. The summed E-state index contributed by atoms with van der Waals surface area (Å²) >= 11 is 0. The quantitative estimate of drug-likeness (QED) is 0.680. The number of nitrogens with two attached hydrogens (primary N) is 1. The van der Waals surface area contributed by atoms with Crippen LogP contribution in [0.1, 0.15) is 5.56 Å². The molecule has 0 aliphatic carbocycles. The summed E-state index contributed by atoms with van der Waals surface area (Å²) in [5, 5.41) is 0.836. The Bertz CT molecular complexity index is 608. The topological polar surface area (TPSA) is 43.1 Å². The maximum absolute atomic E-state index is 12.4. The number of alkyl halides is 3. The highest BCUT2D eigenvalue weighted by molar-refractivity contribution is 7.61. The lowest BCUT2D eigenvalue weighted by molar-refractivity contribution is -0.137. The van der Waals surface area contributed by atoms with Crippen molar-refractivity contribution in [1.29, 1.82) is 0 Å². The van der Waals surface area contributed by atoms with E-state index < -0.39 is 19.5 Å². The van der Waals surface area contributed by atoms with Crippen LogP contribution in [-0.2, 0) is 10.7 Å². The van der Waals surface area contributed by atoms with Gasteiger partial charge in [0.2, 0.25) is 0 Å². The summed E-state index contributed by atoms with van der Waals surface area (Å²) < 4.78 is 49.4. The van der Waals surface area contributed by atoms with Crippen LogP contribution >= 0.6 is 7.80 Å². The zero-order valence-corrected chi connectivity index (χ0v) is 10.6.